The first-order valence-corrected chi connectivity index (χ1v) is 0. The van der Waals surface area contributed by atoms with E-state index in [-0.39, 0.29) is 56.0 Å². The van der Waals surface area contributed by atoms with Gasteiger partial charge in [-0.05, 0) is 0 Å². The molecule has 0 N–H and O–H groups in total. The van der Waals surface area contributed by atoms with Gasteiger partial charge in [0.1, 0.15) is 0 Å². The van der Waals surface area contributed by atoms with Gasteiger partial charge in [0.25, 0.3) is 0 Å². The second kappa shape index (κ2) is 66.9. The molecule has 5 heteroatoms. The Morgan fingerprint density at radius 1 is 0.600 bits per heavy atom. The van der Waals surface area contributed by atoms with Gasteiger partial charge in [0.2, 0.25) is 0 Å². The minimum absolute atomic E-state index is 0. The molecule has 0 rings (SSSR count). The van der Waals surface area contributed by atoms with Crippen LogP contribution in [-0.2, 0) is 56.0 Å². The van der Waals surface area contributed by atoms with Crippen molar-refractivity contribution >= 4 is 0 Å². The molecule has 0 spiro atoms. The van der Waals surface area contributed by atoms with Gasteiger partial charge in [-0.15, -0.1) is 0 Å². The Balaban J connectivity index is 0. The molecule has 35 valence electrons. The molecular weight excluding hydrogens is 195 g/mol. The molecule has 3 nitrogen and oxygen atoms in total. The summed E-state index contributed by atoms with van der Waals surface area (Å²) in [5.41, 5.74) is 0. The summed E-state index contributed by atoms with van der Waals surface area (Å²) in [4.78, 5) is 0. The van der Waals surface area contributed by atoms with Gasteiger partial charge in [-0.1, -0.05) is 0 Å². The molecule has 0 bridgehead atoms. The fourth-order valence-electron chi connectivity index (χ4n) is 0. The Morgan fingerprint density at radius 3 is 0.600 bits per heavy atom. The van der Waals surface area contributed by atoms with E-state index in [1.807, 2.05) is 0 Å². The molecule has 0 amide bonds. The Bertz CT molecular complexity index is 6.85. The first-order chi connectivity index (χ1) is 0. The van der Waals surface area contributed by atoms with E-state index in [1.54, 1.807) is 0 Å². The molecule has 1 radical (unpaired) electrons. The van der Waals surface area contributed by atoms with Crippen molar-refractivity contribution in [1.82, 2.24) is 0 Å². The summed E-state index contributed by atoms with van der Waals surface area (Å²) in [6.07, 6.45) is 0. The second-order valence-electron chi connectivity index (χ2n) is 0. The van der Waals surface area contributed by atoms with E-state index in [0.717, 1.165) is 0 Å². The normalized spacial score (nSPS) is 0. The summed E-state index contributed by atoms with van der Waals surface area (Å²) in [5, 5.41) is 0. The molecule has 5 heavy (non-hydrogen) atoms. The maximum absolute atomic E-state index is 0. The van der Waals surface area contributed by atoms with Gasteiger partial charge in [-0.2, -0.15) is 0 Å². The van der Waals surface area contributed by atoms with Crippen LogP contribution in [0.25, 0.3) is 0 Å². The predicted molar refractivity (Wildman–Crippen MR) is 2.06 cm³/mol. The molecule has 0 aliphatic carbocycles. The minimum Gasteiger partial charge on any atom is -2.00 e. The molecule has 0 aromatic carbocycles. The molecule has 0 saturated carbocycles. The van der Waals surface area contributed by atoms with Crippen LogP contribution in [0.5, 0.6) is 0 Å². The number of hydrogen-bond donors (Lipinski definition) is 0. The van der Waals surface area contributed by atoms with E-state index < -0.39 is 0 Å². The van der Waals surface area contributed by atoms with Crippen LogP contribution < -0.4 is 0 Å². The first kappa shape index (κ1) is 123. The van der Waals surface area contributed by atoms with Crippen LogP contribution in [0, 0.1) is 0 Å². The topological polar surface area (TPSA) is 85.5 Å². The monoisotopic (exact) mass is 197 g/mol. The predicted octanol–water partition coefficient (Wildman–Crippen LogP) is -0.361. The van der Waals surface area contributed by atoms with E-state index in [0.29, 0.717) is 0 Å². The fourth-order valence-corrected chi connectivity index (χ4v) is 0. The summed E-state index contributed by atoms with van der Waals surface area (Å²) in [6, 6.07) is 0. The van der Waals surface area contributed by atoms with Crippen molar-refractivity contribution < 1.29 is 56.0 Å². The second-order valence-corrected chi connectivity index (χ2v) is 0. The quantitative estimate of drug-likeness (QED) is 0.472. The van der Waals surface area contributed by atoms with Gasteiger partial charge in [0.15, 0.2) is 0 Å². The molecule has 0 aliphatic rings. The van der Waals surface area contributed by atoms with E-state index in [1.165, 1.54) is 0 Å². The number of rotatable bonds is 0. The van der Waals surface area contributed by atoms with Crippen molar-refractivity contribution in [3.63, 3.8) is 0 Å². The molecule has 0 fully saturated rings. The van der Waals surface area contributed by atoms with Gasteiger partial charge < -0.3 is 16.4 Å². The molecule has 0 aromatic heterocycles. The van der Waals surface area contributed by atoms with E-state index in [9.17, 15) is 0 Å². The molecular formula is MoO3V-6. The third kappa shape index (κ3) is 38.5. The molecule has 0 saturated heterocycles. The van der Waals surface area contributed by atoms with Gasteiger partial charge in [-0.3, -0.25) is 0 Å². The maximum Gasteiger partial charge on any atom is 0 e. The average Bonchev–Trinajstić information content (AvgIpc) is 0. The zero-order valence-electron chi connectivity index (χ0n) is 2.08. The molecule has 0 heterocycles. The number of hydrogen-bond acceptors (Lipinski definition) is 0. The zero-order chi connectivity index (χ0) is 0. The van der Waals surface area contributed by atoms with Crippen LogP contribution in [0.15, 0.2) is 0 Å². The largest absolute Gasteiger partial charge is 2.00 e. The Labute approximate surface area is 56.2 Å². The van der Waals surface area contributed by atoms with E-state index >= 15 is 0 Å². The summed E-state index contributed by atoms with van der Waals surface area (Å²) in [7, 11) is 0. The van der Waals surface area contributed by atoms with Crippen LogP contribution in [0.4, 0.5) is 0 Å². The van der Waals surface area contributed by atoms with Crippen LogP contribution in [0.2, 0.25) is 0 Å². The van der Waals surface area contributed by atoms with Crippen molar-refractivity contribution in [2.45, 2.75) is 0 Å². The summed E-state index contributed by atoms with van der Waals surface area (Å²) >= 11 is 0. The van der Waals surface area contributed by atoms with Crippen LogP contribution in [-0.4, -0.2) is 0 Å². The summed E-state index contributed by atoms with van der Waals surface area (Å²) in [6.45, 7) is 0. The first-order valence-electron chi connectivity index (χ1n) is 0. The average molecular weight is 195 g/mol. The van der Waals surface area contributed by atoms with Crippen molar-refractivity contribution in [1.29, 1.82) is 0 Å². The Hall–Kier alpha value is 1.15. The third-order valence-corrected chi connectivity index (χ3v) is 0. The standard InChI is InChI=1S/Mo.3O.V/q;3*-2;. The Morgan fingerprint density at radius 2 is 0.600 bits per heavy atom. The molecule has 0 aromatic rings. The summed E-state index contributed by atoms with van der Waals surface area (Å²) in [5.74, 6) is 0. The van der Waals surface area contributed by atoms with E-state index in [2.05, 4.69) is 0 Å². The van der Waals surface area contributed by atoms with Crippen LogP contribution in [0.3, 0.4) is 0 Å². The molecule has 0 unspecified atom stereocenters. The molecule has 0 aliphatic heterocycles. The smallest absolute Gasteiger partial charge is 0 e. The van der Waals surface area contributed by atoms with E-state index in [4.69, 9.17) is 0 Å². The van der Waals surface area contributed by atoms with Crippen molar-refractivity contribution in [2.75, 3.05) is 0 Å². The van der Waals surface area contributed by atoms with Gasteiger partial charge >= 0.3 is 0 Å². The Kier molecular flexibility index (Phi) is 1640. The zero-order valence-corrected chi connectivity index (χ0v) is 5.48. The third-order valence-electron chi connectivity index (χ3n) is 0. The summed E-state index contributed by atoms with van der Waals surface area (Å²) < 4.78 is 0. The SMILES string of the molecule is [Mo].[O-2].[O-2].[O-2].[V]. The van der Waals surface area contributed by atoms with Gasteiger partial charge in [-0.25, -0.2) is 0 Å². The minimum atomic E-state index is 0. The molecule has 0 atom stereocenters. The van der Waals surface area contributed by atoms with Crippen LogP contribution >= 0.6 is 0 Å². The van der Waals surface area contributed by atoms with Crippen molar-refractivity contribution in [3.8, 4) is 0 Å². The van der Waals surface area contributed by atoms with Gasteiger partial charge in [0, 0.05) is 39.6 Å². The van der Waals surface area contributed by atoms with Crippen molar-refractivity contribution in [2.24, 2.45) is 0 Å². The fraction of sp³-hybridized carbons (Fsp3) is 0. The van der Waals surface area contributed by atoms with Crippen molar-refractivity contribution in [3.05, 3.63) is 0 Å². The van der Waals surface area contributed by atoms with Crippen LogP contribution in [0.1, 0.15) is 0 Å². The maximum atomic E-state index is 0. The van der Waals surface area contributed by atoms with Gasteiger partial charge in [0.05, 0.1) is 0 Å².